The molecule has 0 aliphatic carbocycles. The van der Waals surface area contributed by atoms with Gasteiger partial charge >= 0.3 is 5.97 Å². The molecular weight excluding hydrogens is 284 g/mol. The van der Waals surface area contributed by atoms with E-state index in [9.17, 15) is 4.79 Å². The highest BCUT2D eigenvalue weighted by Gasteiger charge is 2.19. The fourth-order valence-electron chi connectivity index (χ4n) is 2.18. The van der Waals surface area contributed by atoms with E-state index in [-0.39, 0.29) is 5.97 Å². The molecular formula is C16H20N2O2S. The maximum absolute atomic E-state index is 12.0. The fourth-order valence-corrected chi connectivity index (χ4v) is 2.96. The highest BCUT2D eigenvalue weighted by Crippen LogP contribution is 2.26. The van der Waals surface area contributed by atoms with Gasteiger partial charge in [0.2, 0.25) is 0 Å². The van der Waals surface area contributed by atoms with Crippen LogP contribution in [0, 0.1) is 6.92 Å². The van der Waals surface area contributed by atoms with Gasteiger partial charge in [-0.1, -0.05) is 31.2 Å². The van der Waals surface area contributed by atoms with Gasteiger partial charge in [-0.05, 0) is 42.9 Å². The molecule has 0 atom stereocenters. The lowest BCUT2D eigenvalue weighted by Gasteiger charge is -2.10. The number of aryl methyl sites for hydroxylation is 2. The summed E-state index contributed by atoms with van der Waals surface area (Å²) >= 11 is 1.30. The molecule has 0 saturated carbocycles. The van der Waals surface area contributed by atoms with Crippen LogP contribution in [0.3, 0.4) is 0 Å². The number of esters is 1. The Bertz CT molecular complexity index is 622. The number of nitrogens with zero attached hydrogens (tertiary/aromatic N) is 1. The Hall–Kier alpha value is -1.88. The first-order valence-corrected chi connectivity index (χ1v) is 7.88. The van der Waals surface area contributed by atoms with Crippen molar-refractivity contribution in [1.82, 2.24) is 4.37 Å². The predicted octanol–water partition coefficient (Wildman–Crippen LogP) is 3.80. The van der Waals surface area contributed by atoms with Gasteiger partial charge in [-0.3, -0.25) is 0 Å². The van der Waals surface area contributed by atoms with Crippen molar-refractivity contribution >= 4 is 22.5 Å². The van der Waals surface area contributed by atoms with Crippen LogP contribution in [0.15, 0.2) is 24.3 Å². The summed E-state index contributed by atoms with van der Waals surface area (Å²) in [7, 11) is 0. The van der Waals surface area contributed by atoms with Gasteiger partial charge in [-0.15, -0.1) is 0 Å². The van der Waals surface area contributed by atoms with Crippen molar-refractivity contribution in [1.29, 1.82) is 0 Å². The van der Waals surface area contributed by atoms with Crippen molar-refractivity contribution in [2.24, 2.45) is 0 Å². The van der Waals surface area contributed by atoms with E-state index >= 15 is 0 Å². The van der Waals surface area contributed by atoms with Crippen LogP contribution in [0.2, 0.25) is 0 Å². The third kappa shape index (κ3) is 3.61. The molecule has 0 spiro atoms. The van der Waals surface area contributed by atoms with Crippen LogP contribution in [0.4, 0.5) is 5.00 Å². The van der Waals surface area contributed by atoms with Crippen LogP contribution in [0.25, 0.3) is 0 Å². The standard InChI is InChI=1S/C16H20N2O2S/c1-4-12-8-6-7-9-13(12)10-17-15-14(11(3)18-21-15)16(19)20-5-2/h6-9,17H,4-5,10H2,1-3H3. The third-order valence-electron chi connectivity index (χ3n) is 3.28. The first-order chi connectivity index (χ1) is 10.2. The molecule has 1 aromatic carbocycles. The van der Waals surface area contributed by atoms with E-state index in [1.807, 2.05) is 19.1 Å². The molecule has 2 rings (SSSR count). The molecule has 1 aromatic heterocycles. The summed E-state index contributed by atoms with van der Waals surface area (Å²) in [6, 6.07) is 8.30. The van der Waals surface area contributed by atoms with Crippen molar-refractivity contribution < 1.29 is 9.53 Å². The van der Waals surface area contributed by atoms with Crippen LogP contribution < -0.4 is 5.32 Å². The van der Waals surface area contributed by atoms with Gasteiger partial charge in [0.05, 0.1) is 12.3 Å². The molecule has 0 aliphatic rings. The average molecular weight is 304 g/mol. The lowest BCUT2D eigenvalue weighted by molar-refractivity contribution is 0.0527. The van der Waals surface area contributed by atoms with Gasteiger partial charge in [0.1, 0.15) is 10.6 Å². The summed E-state index contributed by atoms with van der Waals surface area (Å²) in [5.41, 5.74) is 3.81. The minimum atomic E-state index is -0.310. The van der Waals surface area contributed by atoms with Crippen LogP contribution >= 0.6 is 11.5 Å². The van der Waals surface area contributed by atoms with Gasteiger partial charge in [-0.2, -0.15) is 4.37 Å². The summed E-state index contributed by atoms with van der Waals surface area (Å²) in [5, 5.41) is 4.09. The quantitative estimate of drug-likeness (QED) is 0.825. The molecule has 112 valence electrons. The normalized spacial score (nSPS) is 10.4. The number of benzene rings is 1. The SMILES string of the molecule is CCOC(=O)c1c(C)nsc1NCc1ccccc1CC. The minimum absolute atomic E-state index is 0.310. The van der Waals surface area contributed by atoms with E-state index in [0.29, 0.717) is 24.4 Å². The zero-order valence-corrected chi connectivity index (χ0v) is 13.4. The van der Waals surface area contributed by atoms with E-state index in [1.165, 1.54) is 22.7 Å². The number of anilines is 1. The van der Waals surface area contributed by atoms with Crippen LogP contribution in [0.5, 0.6) is 0 Å². The molecule has 0 fully saturated rings. The topological polar surface area (TPSA) is 51.2 Å². The molecule has 0 aliphatic heterocycles. The number of rotatable bonds is 6. The summed E-state index contributed by atoms with van der Waals surface area (Å²) in [5.74, 6) is -0.310. The highest BCUT2D eigenvalue weighted by atomic mass is 32.1. The molecule has 0 radical (unpaired) electrons. The first-order valence-electron chi connectivity index (χ1n) is 7.11. The van der Waals surface area contributed by atoms with E-state index in [4.69, 9.17) is 4.74 Å². The molecule has 0 unspecified atom stereocenters. The van der Waals surface area contributed by atoms with Crippen LogP contribution in [-0.2, 0) is 17.7 Å². The van der Waals surface area contributed by atoms with Crippen molar-refractivity contribution in [3.8, 4) is 0 Å². The summed E-state index contributed by atoms with van der Waals surface area (Å²) in [6.45, 7) is 6.82. The monoisotopic (exact) mass is 304 g/mol. The molecule has 0 bridgehead atoms. The fraction of sp³-hybridized carbons (Fsp3) is 0.375. The van der Waals surface area contributed by atoms with Crippen molar-refractivity contribution in [2.45, 2.75) is 33.7 Å². The molecule has 5 heteroatoms. The molecule has 0 saturated heterocycles. The number of hydrogen-bond acceptors (Lipinski definition) is 5. The highest BCUT2D eigenvalue weighted by molar-refractivity contribution is 7.10. The Labute approximate surface area is 129 Å². The van der Waals surface area contributed by atoms with Crippen LogP contribution in [-0.4, -0.2) is 16.9 Å². The Morgan fingerprint density at radius 1 is 1.29 bits per heavy atom. The zero-order chi connectivity index (χ0) is 15.2. The predicted molar refractivity (Wildman–Crippen MR) is 86.0 cm³/mol. The molecule has 1 N–H and O–H groups in total. The number of carbonyl (C=O) groups is 1. The largest absolute Gasteiger partial charge is 0.462 e. The molecule has 0 amide bonds. The Kier molecular flexibility index (Phi) is 5.33. The summed E-state index contributed by atoms with van der Waals surface area (Å²) < 4.78 is 9.35. The van der Waals surface area contributed by atoms with Gasteiger partial charge in [0.15, 0.2) is 0 Å². The first kappa shape index (κ1) is 15.5. The Morgan fingerprint density at radius 3 is 2.67 bits per heavy atom. The van der Waals surface area contributed by atoms with E-state index in [1.54, 1.807) is 6.92 Å². The van der Waals surface area contributed by atoms with Gasteiger partial charge in [-0.25, -0.2) is 4.79 Å². The van der Waals surface area contributed by atoms with Crippen molar-refractivity contribution in [2.75, 3.05) is 11.9 Å². The maximum Gasteiger partial charge on any atom is 0.343 e. The van der Waals surface area contributed by atoms with Crippen molar-refractivity contribution in [3.05, 3.63) is 46.6 Å². The Morgan fingerprint density at radius 2 is 2.00 bits per heavy atom. The van der Waals surface area contributed by atoms with Crippen LogP contribution in [0.1, 0.15) is 41.0 Å². The lowest BCUT2D eigenvalue weighted by atomic mass is 10.1. The van der Waals surface area contributed by atoms with Gasteiger partial charge in [0.25, 0.3) is 0 Å². The van der Waals surface area contributed by atoms with E-state index in [2.05, 4.69) is 28.7 Å². The third-order valence-corrected chi connectivity index (χ3v) is 4.18. The van der Waals surface area contributed by atoms with E-state index in [0.717, 1.165) is 11.4 Å². The number of nitrogens with one attached hydrogen (secondary N) is 1. The average Bonchev–Trinajstić information content (AvgIpc) is 2.86. The summed E-state index contributed by atoms with van der Waals surface area (Å²) in [4.78, 5) is 12.0. The second kappa shape index (κ2) is 7.22. The van der Waals surface area contributed by atoms with Gasteiger partial charge in [0, 0.05) is 6.54 Å². The van der Waals surface area contributed by atoms with E-state index < -0.39 is 0 Å². The minimum Gasteiger partial charge on any atom is -0.462 e. The number of carbonyl (C=O) groups excluding carboxylic acids is 1. The number of ether oxygens (including phenoxy) is 1. The number of aromatic nitrogens is 1. The molecule has 21 heavy (non-hydrogen) atoms. The summed E-state index contributed by atoms with van der Waals surface area (Å²) in [6.07, 6.45) is 0.990. The molecule has 2 aromatic rings. The lowest BCUT2D eigenvalue weighted by Crippen LogP contribution is -2.09. The second-order valence-corrected chi connectivity index (χ2v) is 5.44. The molecule has 4 nitrogen and oxygen atoms in total. The van der Waals surface area contributed by atoms with Gasteiger partial charge < -0.3 is 10.1 Å². The zero-order valence-electron chi connectivity index (χ0n) is 12.6. The Balaban J connectivity index is 2.15. The maximum atomic E-state index is 12.0. The number of hydrogen-bond donors (Lipinski definition) is 1. The molecule has 1 heterocycles. The second-order valence-electron chi connectivity index (χ2n) is 4.67. The van der Waals surface area contributed by atoms with Crippen molar-refractivity contribution in [3.63, 3.8) is 0 Å². The smallest absolute Gasteiger partial charge is 0.343 e.